The van der Waals surface area contributed by atoms with Gasteiger partial charge < -0.3 is 4.98 Å². The molecule has 1 aromatic carbocycles. The molecule has 0 atom stereocenters. The van der Waals surface area contributed by atoms with Gasteiger partial charge in [-0.3, -0.25) is 4.90 Å². The Morgan fingerprint density at radius 2 is 1.84 bits per heavy atom. The van der Waals surface area contributed by atoms with Gasteiger partial charge in [-0.15, -0.1) is 13.2 Å². The van der Waals surface area contributed by atoms with E-state index in [4.69, 9.17) is 0 Å². The molecule has 0 saturated heterocycles. The van der Waals surface area contributed by atoms with E-state index in [2.05, 4.69) is 53.4 Å². The fourth-order valence-corrected chi connectivity index (χ4v) is 2.38. The van der Waals surface area contributed by atoms with E-state index in [9.17, 15) is 0 Å². The molecule has 0 radical (unpaired) electrons. The van der Waals surface area contributed by atoms with Crippen LogP contribution in [0.5, 0.6) is 0 Å². The molecule has 0 unspecified atom stereocenters. The first kappa shape index (κ1) is 13.6. The summed E-state index contributed by atoms with van der Waals surface area (Å²) in [7, 11) is 0. The molecule has 0 aliphatic rings. The molecule has 0 aliphatic heterocycles. The molecule has 2 aromatic rings. The average Bonchev–Trinajstić information content (AvgIpc) is 2.82. The molecule has 2 heteroatoms. The number of aromatic nitrogens is 1. The first-order valence-corrected chi connectivity index (χ1v) is 6.84. The summed E-state index contributed by atoms with van der Waals surface area (Å²) in [5, 5.41) is 1.30. The molecule has 0 amide bonds. The normalized spacial score (nSPS) is 11.0. The van der Waals surface area contributed by atoms with E-state index < -0.39 is 0 Å². The van der Waals surface area contributed by atoms with Gasteiger partial charge in [0.2, 0.25) is 0 Å². The van der Waals surface area contributed by atoms with Gasteiger partial charge in [-0.05, 0) is 36.9 Å². The molecule has 0 saturated carbocycles. The van der Waals surface area contributed by atoms with Gasteiger partial charge in [-0.1, -0.05) is 30.4 Å². The highest BCUT2D eigenvalue weighted by atomic mass is 15.1. The lowest BCUT2D eigenvalue weighted by Crippen LogP contribution is -2.25. The Labute approximate surface area is 115 Å². The largest absolute Gasteiger partial charge is 0.358 e. The average molecular weight is 254 g/mol. The van der Waals surface area contributed by atoms with Crippen LogP contribution in [-0.2, 0) is 6.42 Å². The number of aromatic amines is 1. The number of H-pyrrole nitrogens is 1. The van der Waals surface area contributed by atoms with Crippen molar-refractivity contribution in [1.29, 1.82) is 0 Å². The van der Waals surface area contributed by atoms with Crippen molar-refractivity contribution >= 4 is 10.9 Å². The number of hydrogen-bond acceptors (Lipinski definition) is 1. The standard InChI is InChI=1S/C17H22N2/c1-3-11-19(12-4-2)13-7-9-16-14-15-8-5-6-10-17(15)18-16/h3-6,8,10,14,18H,1-2,7,9,11-13H2. The molecule has 1 heterocycles. The fraction of sp³-hybridized carbons (Fsp3) is 0.294. The lowest BCUT2D eigenvalue weighted by molar-refractivity contribution is 0.330. The Balaban J connectivity index is 1.87. The van der Waals surface area contributed by atoms with E-state index in [0.29, 0.717) is 0 Å². The molecule has 0 fully saturated rings. The van der Waals surface area contributed by atoms with E-state index in [1.807, 2.05) is 12.2 Å². The number of para-hydroxylation sites is 1. The Morgan fingerprint density at radius 1 is 1.11 bits per heavy atom. The number of hydrogen-bond donors (Lipinski definition) is 1. The van der Waals surface area contributed by atoms with Gasteiger partial charge >= 0.3 is 0 Å². The predicted octanol–water partition coefficient (Wildman–Crippen LogP) is 3.77. The number of nitrogens with one attached hydrogen (secondary N) is 1. The second-order valence-electron chi connectivity index (χ2n) is 4.82. The van der Waals surface area contributed by atoms with Crippen molar-refractivity contribution in [3.05, 3.63) is 61.3 Å². The minimum Gasteiger partial charge on any atom is -0.358 e. The number of rotatable bonds is 8. The molecule has 1 aromatic heterocycles. The van der Waals surface area contributed by atoms with Gasteiger partial charge in [0.25, 0.3) is 0 Å². The predicted molar refractivity (Wildman–Crippen MR) is 83.5 cm³/mol. The van der Waals surface area contributed by atoms with Gasteiger partial charge in [0, 0.05) is 24.3 Å². The minimum absolute atomic E-state index is 0.929. The smallest absolute Gasteiger partial charge is 0.0456 e. The van der Waals surface area contributed by atoms with Gasteiger partial charge in [0.15, 0.2) is 0 Å². The number of benzene rings is 1. The Hall–Kier alpha value is -1.80. The van der Waals surface area contributed by atoms with Crippen LogP contribution in [0.25, 0.3) is 10.9 Å². The highest BCUT2D eigenvalue weighted by Crippen LogP contribution is 2.15. The number of nitrogens with zero attached hydrogens (tertiary/aromatic N) is 1. The second kappa shape index (κ2) is 6.95. The summed E-state index contributed by atoms with van der Waals surface area (Å²) >= 11 is 0. The molecule has 0 spiro atoms. The Bertz CT molecular complexity index is 496. The van der Waals surface area contributed by atoms with Gasteiger partial charge in [0.1, 0.15) is 0 Å². The maximum Gasteiger partial charge on any atom is 0.0456 e. The van der Waals surface area contributed by atoms with Crippen LogP contribution in [0.15, 0.2) is 55.6 Å². The lowest BCUT2D eigenvalue weighted by atomic mass is 10.2. The van der Waals surface area contributed by atoms with Crippen molar-refractivity contribution in [2.75, 3.05) is 19.6 Å². The van der Waals surface area contributed by atoms with Crippen LogP contribution in [0.4, 0.5) is 0 Å². The molecule has 19 heavy (non-hydrogen) atoms. The zero-order chi connectivity index (χ0) is 13.5. The number of fused-ring (bicyclic) bond motifs is 1. The van der Waals surface area contributed by atoms with Crippen molar-refractivity contribution in [1.82, 2.24) is 9.88 Å². The highest BCUT2D eigenvalue weighted by Gasteiger charge is 2.03. The first-order valence-electron chi connectivity index (χ1n) is 6.84. The Kier molecular flexibility index (Phi) is 4.99. The van der Waals surface area contributed by atoms with Crippen LogP contribution in [-0.4, -0.2) is 29.5 Å². The second-order valence-corrected chi connectivity index (χ2v) is 4.82. The zero-order valence-corrected chi connectivity index (χ0v) is 11.4. The monoisotopic (exact) mass is 254 g/mol. The molecule has 100 valence electrons. The maximum absolute atomic E-state index is 3.80. The Morgan fingerprint density at radius 3 is 2.53 bits per heavy atom. The molecule has 0 aliphatic carbocycles. The summed E-state index contributed by atoms with van der Waals surface area (Å²) in [6.07, 6.45) is 6.13. The molecule has 2 nitrogen and oxygen atoms in total. The van der Waals surface area contributed by atoms with Crippen LogP contribution in [0.1, 0.15) is 12.1 Å². The summed E-state index contributed by atoms with van der Waals surface area (Å²) < 4.78 is 0. The molecular weight excluding hydrogens is 232 g/mol. The van der Waals surface area contributed by atoms with Crippen molar-refractivity contribution in [3.8, 4) is 0 Å². The third-order valence-corrected chi connectivity index (χ3v) is 3.28. The SMILES string of the molecule is C=CCN(CC=C)CCCc1cc2ccccc2[nH]1. The third kappa shape index (κ3) is 3.83. The van der Waals surface area contributed by atoms with Crippen LogP contribution in [0.2, 0.25) is 0 Å². The lowest BCUT2D eigenvalue weighted by Gasteiger charge is -2.18. The zero-order valence-electron chi connectivity index (χ0n) is 11.4. The molecular formula is C17H22N2. The minimum atomic E-state index is 0.929. The molecule has 0 bridgehead atoms. The van der Waals surface area contributed by atoms with E-state index in [1.54, 1.807) is 0 Å². The van der Waals surface area contributed by atoms with Crippen molar-refractivity contribution in [3.63, 3.8) is 0 Å². The van der Waals surface area contributed by atoms with Gasteiger partial charge in [-0.25, -0.2) is 0 Å². The third-order valence-electron chi connectivity index (χ3n) is 3.28. The molecule has 2 rings (SSSR count). The van der Waals surface area contributed by atoms with Crippen LogP contribution in [0.3, 0.4) is 0 Å². The summed E-state index contributed by atoms with van der Waals surface area (Å²) in [5.74, 6) is 0. The number of aryl methyl sites for hydroxylation is 1. The van der Waals surface area contributed by atoms with E-state index in [0.717, 1.165) is 32.5 Å². The van der Waals surface area contributed by atoms with Crippen LogP contribution in [0, 0.1) is 0 Å². The van der Waals surface area contributed by atoms with Crippen LogP contribution < -0.4 is 0 Å². The quantitative estimate of drug-likeness (QED) is 0.710. The van der Waals surface area contributed by atoms with Crippen molar-refractivity contribution in [2.24, 2.45) is 0 Å². The molecule has 1 N–H and O–H groups in total. The summed E-state index contributed by atoms with van der Waals surface area (Å²) in [5.41, 5.74) is 2.55. The fourth-order valence-electron chi connectivity index (χ4n) is 2.38. The summed E-state index contributed by atoms with van der Waals surface area (Å²) in [4.78, 5) is 5.82. The highest BCUT2D eigenvalue weighted by molar-refractivity contribution is 5.80. The topological polar surface area (TPSA) is 19.0 Å². The van der Waals surface area contributed by atoms with Crippen molar-refractivity contribution < 1.29 is 0 Å². The van der Waals surface area contributed by atoms with E-state index in [1.165, 1.54) is 16.6 Å². The van der Waals surface area contributed by atoms with E-state index in [-0.39, 0.29) is 0 Å². The summed E-state index contributed by atoms with van der Waals surface area (Å²) in [6.45, 7) is 10.5. The maximum atomic E-state index is 3.80. The first-order chi connectivity index (χ1) is 9.33. The van der Waals surface area contributed by atoms with Crippen molar-refractivity contribution in [2.45, 2.75) is 12.8 Å². The van der Waals surface area contributed by atoms with E-state index >= 15 is 0 Å². The summed E-state index contributed by atoms with van der Waals surface area (Å²) in [6, 6.07) is 10.7. The van der Waals surface area contributed by atoms with Crippen LogP contribution >= 0.6 is 0 Å². The van der Waals surface area contributed by atoms with Gasteiger partial charge in [-0.2, -0.15) is 0 Å². The van der Waals surface area contributed by atoms with Gasteiger partial charge in [0.05, 0.1) is 0 Å².